The molecule has 9 heteroatoms. The molecule has 0 spiro atoms. The van der Waals surface area contributed by atoms with Crippen molar-refractivity contribution in [3.63, 3.8) is 0 Å². The van der Waals surface area contributed by atoms with Gasteiger partial charge in [-0.1, -0.05) is 0 Å². The Bertz CT molecular complexity index is 460. The van der Waals surface area contributed by atoms with Crippen LogP contribution in [0.15, 0.2) is 6.07 Å². The van der Waals surface area contributed by atoms with Crippen molar-refractivity contribution in [3.8, 4) is 0 Å². The highest BCUT2D eigenvalue weighted by Gasteiger charge is 2.41. The molecule has 0 aliphatic heterocycles. The fraction of sp³-hybridized carbons (Fsp3) is 0.250. The third-order valence-electron chi connectivity index (χ3n) is 1.74. The Morgan fingerprint density at radius 3 is 2.29 bits per heavy atom. The number of alkyl halides is 5. The average Bonchev–Trinajstić information content (AvgIpc) is 2.14. The Hall–Kier alpha value is -1.00. The fourth-order valence-electron chi connectivity index (χ4n) is 1.16. The van der Waals surface area contributed by atoms with Crippen LogP contribution < -0.4 is 0 Å². The predicted molar refractivity (Wildman–Crippen MR) is 53.9 cm³/mol. The quantitative estimate of drug-likeness (QED) is 0.496. The summed E-state index contributed by atoms with van der Waals surface area (Å²) in [5, 5.41) is 8.55. The molecule has 0 atom stereocenters. The van der Waals surface area contributed by atoms with Crippen LogP contribution in [0, 0.1) is 3.70 Å². The molecule has 0 saturated heterocycles. The molecule has 0 unspecified atom stereocenters. The number of aromatic carboxylic acids is 1. The van der Waals surface area contributed by atoms with E-state index in [-0.39, 0.29) is 3.70 Å². The molecular weight excluding hydrogens is 364 g/mol. The van der Waals surface area contributed by atoms with Crippen LogP contribution in [0.5, 0.6) is 0 Å². The largest absolute Gasteiger partial charge is 0.476 e. The van der Waals surface area contributed by atoms with Gasteiger partial charge in [-0.05, 0) is 28.7 Å². The van der Waals surface area contributed by atoms with E-state index in [2.05, 4.69) is 4.98 Å². The monoisotopic (exact) mass is 367 g/mol. The van der Waals surface area contributed by atoms with Gasteiger partial charge in [0.15, 0.2) is 5.69 Å². The van der Waals surface area contributed by atoms with Gasteiger partial charge in [-0.25, -0.2) is 18.6 Å². The molecule has 1 N–H and O–H groups in total. The van der Waals surface area contributed by atoms with E-state index in [1.54, 1.807) is 0 Å². The molecule has 1 rings (SSSR count). The minimum atomic E-state index is -5.20. The molecule has 0 amide bonds. The fourth-order valence-corrected chi connectivity index (χ4v) is 1.73. The SMILES string of the molecule is O=C(O)c1nc(I)cc(C(F)F)c1C(F)(F)F. The van der Waals surface area contributed by atoms with Crippen LogP contribution in [-0.4, -0.2) is 16.1 Å². The second-order valence-electron chi connectivity index (χ2n) is 2.86. The van der Waals surface area contributed by atoms with Crippen molar-refractivity contribution < 1.29 is 31.9 Å². The minimum absolute atomic E-state index is 0.247. The van der Waals surface area contributed by atoms with E-state index >= 15 is 0 Å². The number of hydrogen-bond acceptors (Lipinski definition) is 2. The summed E-state index contributed by atoms with van der Waals surface area (Å²) < 4.78 is 62.2. The number of halogens is 6. The van der Waals surface area contributed by atoms with E-state index in [0.29, 0.717) is 6.07 Å². The average molecular weight is 367 g/mol. The van der Waals surface area contributed by atoms with Crippen molar-refractivity contribution in [1.82, 2.24) is 4.98 Å². The second kappa shape index (κ2) is 4.70. The zero-order chi connectivity index (χ0) is 13.4. The number of carboxylic acids is 1. The molecule has 0 aliphatic carbocycles. The van der Waals surface area contributed by atoms with E-state index in [4.69, 9.17) is 5.11 Å². The van der Waals surface area contributed by atoms with E-state index < -0.39 is 35.4 Å². The number of aromatic nitrogens is 1. The van der Waals surface area contributed by atoms with Crippen molar-refractivity contribution in [2.45, 2.75) is 12.6 Å². The summed E-state index contributed by atoms with van der Waals surface area (Å²) in [5.41, 5.74) is -4.70. The number of nitrogens with zero attached hydrogens (tertiary/aromatic N) is 1. The molecule has 0 saturated carbocycles. The summed E-state index contributed by atoms with van der Waals surface area (Å²) >= 11 is 1.37. The lowest BCUT2D eigenvalue weighted by Crippen LogP contribution is -2.19. The highest BCUT2D eigenvalue weighted by atomic mass is 127. The van der Waals surface area contributed by atoms with Gasteiger partial charge in [0.25, 0.3) is 6.43 Å². The van der Waals surface area contributed by atoms with Gasteiger partial charge in [0.1, 0.15) is 3.70 Å². The third-order valence-corrected chi connectivity index (χ3v) is 2.29. The molecule has 1 heterocycles. The van der Waals surface area contributed by atoms with E-state index in [1.807, 2.05) is 0 Å². The molecule has 3 nitrogen and oxygen atoms in total. The maximum absolute atomic E-state index is 12.5. The molecule has 0 fully saturated rings. The third kappa shape index (κ3) is 3.01. The number of pyridine rings is 1. The summed E-state index contributed by atoms with van der Waals surface area (Å²) in [6.45, 7) is 0. The Labute approximate surface area is 105 Å². The van der Waals surface area contributed by atoms with Crippen LogP contribution in [0.3, 0.4) is 0 Å². The Kier molecular flexibility index (Phi) is 3.89. The van der Waals surface area contributed by atoms with Crippen LogP contribution >= 0.6 is 22.6 Å². The van der Waals surface area contributed by atoms with Crippen LogP contribution in [-0.2, 0) is 6.18 Å². The maximum atomic E-state index is 12.5. The van der Waals surface area contributed by atoms with Gasteiger partial charge in [0.2, 0.25) is 0 Å². The predicted octanol–water partition coefficient (Wildman–Crippen LogP) is 3.34. The molecule has 0 radical (unpaired) electrons. The van der Waals surface area contributed by atoms with Gasteiger partial charge in [-0.2, -0.15) is 13.2 Å². The molecule has 0 aromatic carbocycles. The lowest BCUT2D eigenvalue weighted by molar-refractivity contribution is -0.140. The van der Waals surface area contributed by atoms with Crippen LogP contribution in [0.1, 0.15) is 28.0 Å². The van der Waals surface area contributed by atoms with Crippen LogP contribution in [0.2, 0.25) is 0 Å². The summed E-state index contributed by atoms with van der Waals surface area (Å²) in [4.78, 5) is 13.7. The molecule has 17 heavy (non-hydrogen) atoms. The van der Waals surface area contributed by atoms with Gasteiger partial charge >= 0.3 is 12.1 Å². The minimum Gasteiger partial charge on any atom is -0.476 e. The lowest BCUT2D eigenvalue weighted by Gasteiger charge is -2.14. The first-order valence-corrected chi connectivity index (χ1v) is 5.01. The highest BCUT2D eigenvalue weighted by molar-refractivity contribution is 14.1. The Morgan fingerprint density at radius 1 is 1.41 bits per heavy atom. The normalized spacial score (nSPS) is 11.9. The molecule has 94 valence electrons. The first-order chi connectivity index (χ1) is 7.64. The van der Waals surface area contributed by atoms with Gasteiger partial charge in [0, 0.05) is 5.56 Å². The zero-order valence-corrected chi connectivity index (χ0v) is 9.88. The van der Waals surface area contributed by atoms with Crippen LogP contribution in [0.4, 0.5) is 22.0 Å². The van der Waals surface area contributed by atoms with Crippen molar-refractivity contribution in [2.24, 2.45) is 0 Å². The van der Waals surface area contributed by atoms with Gasteiger partial charge in [0.05, 0.1) is 5.56 Å². The maximum Gasteiger partial charge on any atom is 0.419 e. The molecule has 1 aromatic heterocycles. The topological polar surface area (TPSA) is 50.2 Å². The second-order valence-corrected chi connectivity index (χ2v) is 3.97. The molecule has 0 aliphatic rings. The Morgan fingerprint density at radius 2 is 1.94 bits per heavy atom. The number of rotatable bonds is 2. The van der Waals surface area contributed by atoms with Gasteiger partial charge in [-0.3, -0.25) is 0 Å². The summed E-state index contributed by atoms with van der Waals surface area (Å²) in [6.07, 6.45) is -8.63. The summed E-state index contributed by atoms with van der Waals surface area (Å²) in [7, 11) is 0. The molecule has 1 aromatic rings. The summed E-state index contributed by atoms with van der Waals surface area (Å²) in [6, 6.07) is 0.514. The first kappa shape index (κ1) is 14.1. The van der Waals surface area contributed by atoms with Crippen molar-refractivity contribution in [1.29, 1.82) is 0 Å². The van der Waals surface area contributed by atoms with E-state index in [9.17, 15) is 26.7 Å². The lowest BCUT2D eigenvalue weighted by atomic mass is 10.1. The van der Waals surface area contributed by atoms with Crippen molar-refractivity contribution >= 4 is 28.6 Å². The van der Waals surface area contributed by atoms with Crippen LogP contribution in [0.25, 0.3) is 0 Å². The summed E-state index contributed by atoms with van der Waals surface area (Å²) in [5.74, 6) is -2.00. The smallest absolute Gasteiger partial charge is 0.419 e. The van der Waals surface area contributed by atoms with E-state index in [1.165, 1.54) is 22.6 Å². The standard InChI is InChI=1S/C8H3F5INO2/c9-6(10)2-1-3(14)15-5(7(16)17)4(2)8(11,12)13/h1,6H,(H,16,17). The van der Waals surface area contributed by atoms with E-state index in [0.717, 1.165) is 0 Å². The number of carboxylic acid groups (broad SMARTS) is 1. The van der Waals surface area contributed by atoms with Gasteiger partial charge < -0.3 is 5.11 Å². The first-order valence-electron chi connectivity index (χ1n) is 3.93. The number of carbonyl (C=O) groups is 1. The number of hydrogen-bond donors (Lipinski definition) is 1. The molecule has 0 bridgehead atoms. The molecular formula is C8H3F5INO2. The highest BCUT2D eigenvalue weighted by Crippen LogP contribution is 2.38. The Balaban J connectivity index is 3.66. The van der Waals surface area contributed by atoms with Crippen molar-refractivity contribution in [3.05, 3.63) is 26.6 Å². The zero-order valence-electron chi connectivity index (χ0n) is 7.73. The van der Waals surface area contributed by atoms with Crippen molar-refractivity contribution in [2.75, 3.05) is 0 Å². The van der Waals surface area contributed by atoms with Gasteiger partial charge in [-0.15, -0.1) is 0 Å².